The van der Waals surface area contributed by atoms with E-state index >= 15 is 0 Å². The predicted octanol–water partition coefficient (Wildman–Crippen LogP) is 1.93. The molecule has 0 aromatic carbocycles. The van der Waals surface area contributed by atoms with Crippen LogP contribution in [0.15, 0.2) is 0 Å². The fourth-order valence-electron chi connectivity index (χ4n) is 1.05. The fourth-order valence-corrected chi connectivity index (χ4v) is 3.50. The molecule has 6 nitrogen and oxygen atoms in total. The standard InChI is InChI=1S/C9H20O6S4/c10-18(11)14-4-1-6-16-8-3-9-17-7-2-5-15-19(12)13/h1-9H2,(H,10,11)(H,12,13). The largest absolute Gasteiger partial charge is 0.301 e. The van der Waals surface area contributed by atoms with Crippen LogP contribution in [0.2, 0.25) is 0 Å². The Morgan fingerprint density at radius 2 is 1.11 bits per heavy atom. The average molecular weight is 353 g/mol. The molecule has 0 saturated heterocycles. The molecule has 0 spiro atoms. The van der Waals surface area contributed by atoms with Gasteiger partial charge in [-0.15, -0.1) is 0 Å². The molecule has 0 aliphatic heterocycles. The van der Waals surface area contributed by atoms with Crippen molar-refractivity contribution in [3.05, 3.63) is 0 Å². The Kier molecular flexibility index (Phi) is 15.9. The summed E-state index contributed by atoms with van der Waals surface area (Å²) in [5.41, 5.74) is 0. The average Bonchev–Trinajstić information content (AvgIpc) is 2.34. The Balaban J connectivity index is 2.99. The number of rotatable bonds is 14. The van der Waals surface area contributed by atoms with Crippen molar-refractivity contribution in [2.45, 2.75) is 19.3 Å². The molecule has 0 amide bonds. The van der Waals surface area contributed by atoms with Gasteiger partial charge in [0.05, 0.1) is 13.2 Å². The van der Waals surface area contributed by atoms with Gasteiger partial charge >= 0.3 is 22.7 Å². The molecular formula is C9H20O6S4. The Morgan fingerprint density at radius 3 is 1.47 bits per heavy atom. The summed E-state index contributed by atoms with van der Waals surface area (Å²) < 4.78 is 46.0. The lowest BCUT2D eigenvalue weighted by molar-refractivity contribution is 0.307. The van der Waals surface area contributed by atoms with E-state index in [0.29, 0.717) is 13.2 Å². The smallest absolute Gasteiger partial charge is 0.284 e. The molecule has 10 heteroatoms. The van der Waals surface area contributed by atoms with Crippen molar-refractivity contribution in [3.63, 3.8) is 0 Å². The molecule has 0 fully saturated rings. The zero-order chi connectivity index (χ0) is 14.3. The van der Waals surface area contributed by atoms with E-state index in [1.54, 1.807) is 23.5 Å². The number of thioether (sulfide) groups is 2. The fraction of sp³-hybridized carbons (Fsp3) is 1.00. The van der Waals surface area contributed by atoms with Gasteiger partial charge in [0.25, 0.3) is 0 Å². The van der Waals surface area contributed by atoms with Crippen LogP contribution >= 0.6 is 23.5 Å². The van der Waals surface area contributed by atoms with Gasteiger partial charge in [0.2, 0.25) is 0 Å². The van der Waals surface area contributed by atoms with E-state index in [2.05, 4.69) is 8.37 Å². The van der Waals surface area contributed by atoms with Crippen LogP contribution in [0.3, 0.4) is 0 Å². The van der Waals surface area contributed by atoms with Gasteiger partial charge in [-0.3, -0.25) is 17.5 Å². The molecule has 2 unspecified atom stereocenters. The van der Waals surface area contributed by atoms with Gasteiger partial charge in [-0.05, 0) is 42.3 Å². The van der Waals surface area contributed by atoms with Crippen LogP contribution in [0.1, 0.15) is 19.3 Å². The third-order valence-electron chi connectivity index (χ3n) is 1.81. The highest BCUT2D eigenvalue weighted by molar-refractivity contribution is 8.00. The Labute approximate surface area is 127 Å². The Bertz CT molecular complexity index is 229. The predicted molar refractivity (Wildman–Crippen MR) is 81.9 cm³/mol. The van der Waals surface area contributed by atoms with Crippen molar-refractivity contribution in [2.75, 3.05) is 36.2 Å². The maximum Gasteiger partial charge on any atom is 0.301 e. The highest BCUT2D eigenvalue weighted by Crippen LogP contribution is 2.10. The van der Waals surface area contributed by atoms with E-state index in [-0.39, 0.29) is 0 Å². The highest BCUT2D eigenvalue weighted by atomic mass is 32.2. The molecule has 0 aromatic heterocycles. The van der Waals surface area contributed by atoms with Gasteiger partial charge in [-0.25, -0.2) is 0 Å². The van der Waals surface area contributed by atoms with Gasteiger partial charge in [0.15, 0.2) is 0 Å². The molecule has 0 aliphatic rings. The first-order chi connectivity index (χ1) is 9.13. The van der Waals surface area contributed by atoms with Crippen molar-refractivity contribution < 1.29 is 25.9 Å². The molecule has 2 N–H and O–H groups in total. The zero-order valence-corrected chi connectivity index (χ0v) is 13.8. The van der Waals surface area contributed by atoms with Crippen LogP contribution < -0.4 is 0 Å². The summed E-state index contributed by atoms with van der Waals surface area (Å²) in [6.07, 6.45) is 2.66. The van der Waals surface area contributed by atoms with Crippen LogP contribution in [0, 0.1) is 0 Å². The first-order valence-corrected chi connectivity index (χ1v) is 10.1. The van der Waals surface area contributed by atoms with Crippen LogP contribution in [-0.4, -0.2) is 53.7 Å². The zero-order valence-electron chi connectivity index (χ0n) is 10.5. The normalized spacial score (nSPS) is 14.4. The number of hydrogen-bond acceptors (Lipinski definition) is 6. The summed E-state index contributed by atoms with van der Waals surface area (Å²) in [7, 11) is 0. The summed E-state index contributed by atoms with van der Waals surface area (Å²) in [5, 5.41) is 0. The molecule has 0 rings (SSSR count). The summed E-state index contributed by atoms with van der Waals surface area (Å²) in [5.74, 6) is 3.98. The van der Waals surface area contributed by atoms with Crippen molar-refractivity contribution in [1.29, 1.82) is 0 Å². The van der Waals surface area contributed by atoms with E-state index in [1.807, 2.05) is 0 Å². The molecule has 0 heterocycles. The maximum atomic E-state index is 10.2. The van der Waals surface area contributed by atoms with Gasteiger partial charge in [-0.1, -0.05) is 0 Å². The van der Waals surface area contributed by atoms with E-state index in [1.165, 1.54) is 0 Å². The lowest BCUT2D eigenvalue weighted by atomic mass is 10.5. The van der Waals surface area contributed by atoms with Crippen molar-refractivity contribution in [3.8, 4) is 0 Å². The van der Waals surface area contributed by atoms with Gasteiger partial charge in [-0.2, -0.15) is 31.9 Å². The quantitative estimate of drug-likeness (QED) is 0.362. The third-order valence-corrected chi connectivity index (χ3v) is 4.86. The minimum absolute atomic E-state index is 0.317. The highest BCUT2D eigenvalue weighted by Gasteiger charge is 1.96. The molecular weight excluding hydrogens is 332 g/mol. The van der Waals surface area contributed by atoms with Crippen molar-refractivity contribution in [2.24, 2.45) is 0 Å². The lowest BCUT2D eigenvalue weighted by Crippen LogP contribution is -1.99. The minimum Gasteiger partial charge on any atom is -0.284 e. The molecule has 2 atom stereocenters. The number of hydrogen-bond donors (Lipinski definition) is 2. The second-order valence-corrected chi connectivity index (χ2v) is 7.15. The molecule has 0 bridgehead atoms. The van der Waals surface area contributed by atoms with Gasteiger partial charge < -0.3 is 0 Å². The monoisotopic (exact) mass is 352 g/mol. The van der Waals surface area contributed by atoms with E-state index in [9.17, 15) is 8.42 Å². The summed E-state index contributed by atoms with van der Waals surface area (Å²) >= 11 is -0.671. The minimum atomic E-state index is -2.14. The van der Waals surface area contributed by atoms with Crippen LogP contribution in [0.5, 0.6) is 0 Å². The lowest BCUT2D eigenvalue weighted by Gasteiger charge is -2.02. The summed E-state index contributed by atoms with van der Waals surface area (Å²) in [6.45, 7) is 0.633. The molecule has 0 radical (unpaired) electrons. The maximum absolute atomic E-state index is 10.2. The van der Waals surface area contributed by atoms with Crippen molar-refractivity contribution >= 4 is 46.2 Å². The van der Waals surface area contributed by atoms with Crippen LogP contribution in [0.4, 0.5) is 0 Å². The first kappa shape index (κ1) is 19.8. The Morgan fingerprint density at radius 1 is 0.737 bits per heavy atom. The first-order valence-electron chi connectivity index (χ1n) is 5.76. The van der Waals surface area contributed by atoms with Gasteiger partial charge in [0.1, 0.15) is 0 Å². The van der Waals surface area contributed by atoms with Gasteiger partial charge in [0, 0.05) is 0 Å². The van der Waals surface area contributed by atoms with Crippen LogP contribution in [-0.2, 0) is 31.1 Å². The van der Waals surface area contributed by atoms with E-state index in [4.69, 9.17) is 9.11 Å². The summed E-state index contributed by atoms with van der Waals surface area (Å²) in [6, 6.07) is 0. The van der Waals surface area contributed by atoms with Crippen LogP contribution in [0.25, 0.3) is 0 Å². The summed E-state index contributed by atoms with van der Waals surface area (Å²) in [4.78, 5) is 0. The second kappa shape index (κ2) is 15.2. The molecule has 0 saturated carbocycles. The van der Waals surface area contributed by atoms with E-state index < -0.39 is 22.7 Å². The third kappa shape index (κ3) is 18.8. The van der Waals surface area contributed by atoms with Crippen molar-refractivity contribution in [1.82, 2.24) is 0 Å². The molecule has 19 heavy (non-hydrogen) atoms. The molecule has 116 valence electrons. The molecule has 0 aromatic rings. The SMILES string of the molecule is O=S(O)OCCCSCCCSCCCOS(=O)O. The van der Waals surface area contributed by atoms with E-state index in [0.717, 1.165) is 42.3 Å². The second-order valence-electron chi connectivity index (χ2n) is 3.36. The topological polar surface area (TPSA) is 93.1 Å². The Hall–Kier alpha value is 0.840. The molecule has 0 aliphatic carbocycles.